The van der Waals surface area contributed by atoms with Gasteiger partial charge in [-0.3, -0.25) is 4.79 Å². The van der Waals surface area contributed by atoms with Crippen molar-refractivity contribution in [2.24, 2.45) is 5.92 Å². The molecule has 0 aliphatic carbocycles. The summed E-state index contributed by atoms with van der Waals surface area (Å²) in [5.74, 6) is -1.28. The lowest BCUT2D eigenvalue weighted by atomic mass is 9.99. The van der Waals surface area contributed by atoms with E-state index in [4.69, 9.17) is 14.6 Å². The number of hydrogen-bond acceptors (Lipinski definition) is 4. The van der Waals surface area contributed by atoms with E-state index in [2.05, 4.69) is 5.32 Å². The molecule has 0 unspecified atom stereocenters. The number of carbonyl (C=O) groups excluding carboxylic acids is 1. The molecule has 1 heterocycles. The highest BCUT2D eigenvalue weighted by Gasteiger charge is 2.27. The van der Waals surface area contributed by atoms with Crippen LogP contribution in [0.2, 0.25) is 0 Å². The predicted molar refractivity (Wildman–Crippen MR) is 68.0 cm³/mol. The standard InChI is InChI=1S/C12H22N2O5/c1-18-7-8-19-6-4-13-12(17)14-5-2-3-10(9-14)11(15)16/h10H,2-9H2,1H3,(H,13,17)(H,15,16)/t10-/m1/s1. The van der Waals surface area contributed by atoms with Crippen LogP contribution in [0.1, 0.15) is 12.8 Å². The maximum atomic E-state index is 11.8. The molecular formula is C12H22N2O5. The maximum Gasteiger partial charge on any atom is 0.317 e. The molecule has 2 amide bonds. The number of nitrogens with one attached hydrogen (secondary N) is 1. The molecule has 2 N–H and O–H groups in total. The smallest absolute Gasteiger partial charge is 0.317 e. The fraction of sp³-hybridized carbons (Fsp3) is 0.833. The van der Waals surface area contributed by atoms with E-state index in [1.165, 1.54) is 0 Å². The number of ether oxygens (including phenoxy) is 2. The Hall–Kier alpha value is -1.34. The Balaban J connectivity index is 2.16. The van der Waals surface area contributed by atoms with Gasteiger partial charge in [0.15, 0.2) is 0 Å². The van der Waals surface area contributed by atoms with Crippen LogP contribution < -0.4 is 5.32 Å². The molecular weight excluding hydrogens is 252 g/mol. The third kappa shape index (κ3) is 5.89. The largest absolute Gasteiger partial charge is 0.481 e. The third-order valence-corrected chi connectivity index (χ3v) is 3.01. The van der Waals surface area contributed by atoms with Crippen molar-refractivity contribution in [1.29, 1.82) is 0 Å². The first kappa shape index (κ1) is 15.7. The van der Waals surface area contributed by atoms with Crippen LogP contribution in [-0.4, -0.2) is 68.6 Å². The van der Waals surface area contributed by atoms with E-state index in [1.54, 1.807) is 12.0 Å². The van der Waals surface area contributed by atoms with E-state index in [9.17, 15) is 9.59 Å². The van der Waals surface area contributed by atoms with Crippen molar-refractivity contribution in [2.75, 3.05) is 46.6 Å². The van der Waals surface area contributed by atoms with Gasteiger partial charge >= 0.3 is 12.0 Å². The Labute approximate surface area is 112 Å². The summed E-state index contributed by atoms with van der Waals surface area (Å²) in [4.78, 5) is 24.2. The average Bonchev–Trinajstić information content (AvgIpc) is 2.42. The summed E-state index contributed by atoms with van der Waals surface area (Å²) in [7, 11) is 1.60. The summed E-state index contributed by atoms with van der Waals surface area (Å²) in [6, 6.07) is -0.221. The van der Waals surface area contributed by atoms with Crippen LogP contribution >= 0.6 is 0 Å². The lowest BCUT2D eigenvalue weighted by Crippen LogP contribution is -2.47. The van der Waals surface area contributed by atoms with Gasteiger partial charge in [0.1, 0.15) is 0 Å². The first-order chi connectivity index (χ1) is 9.15. The molecule has 0 saturated carbocycles. The van der Waals surface area contributed by atoms with Crippen LogP contribution in [0.4, 0.5) is 4.79 Å². The molecule has 7 heteroatoms. The Kier molecular flexibility index (Phi) is 7.20. The number of piperidine rings is 1. The number of rotatable bonds is 7. The average molecular weight is 274 g/mol. The van der Waals surface area contributed by atoms with Gasteiger partial charge in [-0.1, -0.05) is 0 Å². The maximum absolute atomic E-state index is 11.8. The second-order valence-corrected chi connectivity index (χ2v) is 4.46. The van der Waals surface area contributed by atoms with E-state index in [0.29, 0.717) is 39.3 Å². The number of carboxylic acid groups (broad SMARTS) is 1. The van der Waals surface area contributed by atoms with E-state index >= 15 is 0 Å². The fourth-order valence-corrected chi connectivity index (χ4v) is 1.95. The summed E-state index contributed by atoms with van der Waals surface area (Å²) < 4.78 is 10.0. The van der Waals surface area contributed by atoms with Crippen molar-refractivity contribution in [1.82, 2.24) is 10.2 Å². The van der Waals surface area contributed by atoms with Crippen LogP contribution in [0.3, 0.4) is 0 Å². The molecule has 0 aromatic rings. The minimum atomic E-state index is -0.833. The summed E-state index contributed by atoms with van der Waals surface area (Å²) in [5.41, 5.74) is 0. The molecule has 0 spiro atoms. The summed E-state index contributed by atoms with van der Waals surface area (Å²) in [6.45, 7) is 2.76. The number of methoxy groups -OCH3 is 1. The number of carboxylic acids is 1. The van der Waals surface area contributed by atoms with Crippen LogP contribution in [0.15, 0.2) is 0 Å². The monoisotopic (exact) mass is 274 g/mol. The minimum absolute atomic E-state index is 0.221. The van der Waals surface area contributed by atoms with Crippen LogP contribution in [0.5, 0.6) is 0 Å². The number of aliphatic carboxylic acids is 1. The van der Waals surface area contributed by atoms with Gasteiger partial charge in [-0.2, -0.15) is 0 Å². The molecule has 7 nitrogen and oxygen atoms in total. The zero-order valence-corrected chi connectivity index (χ0v) is 11.3. The first-order valence-corrected chi connectivity index (χ1v) is 6.47. The van der Waals surface area contributed by atoms with E-state index in [0.717, 1.165) is 6.42 Å². The number of hydrogen-bond donors (Lipinski definition) is 2. The number of urea groups is 1. The van der Waals surface area contributed by atoms with Gasteiger partial charge in [-0.25, -0.2) is 4.79 Å². The third-order valence-electron chi connectivity index (χ3n) is 3.01. The van der Waals surface area contributed by atoms with Gasteiger partial charge in [0.25, 0.3) is 0 Å². The zero-order valence-electron chi connectivity index (χ0n) is 11.3. The zero-order chi connectivity index (χ0) is 14.1. The van der Waals surface area contributed by atoms with Gasteiger partial charge in [0.05, 0.1) is 25.7 Å². The van der Waals surface area contributed by atoms with Crippen LogP contribution in [0.25, 0.3) is 0 Å². The predicted octanol–water partition coefficient (Wildman–Crippen LogP) is 0.156. The number of likely N-dealkylation sites (tertiary alicyclic amines) is 1. The molecule has 0 bridgehead atoms. The highest BCUT2D eigenvalue weighted by molar-refractivity contribution is 5.76. The molecule has 0 radical (unpaired) electrons. The van der Waals surface area contributed by atoms with Crippen molar-refractivity contribution in [3.05, 3.63) is 0 Å². The van der Waals surface area contributed by atoms with Crippen molar-refractivity contribution in [2.45, 2.75) is 12.8 Å². The molecule has 0 aromatic heterocycles. The first-order valence-electron chi connectivity index (χ1n) is 6.47. The van der Waals surface area contributed by atoms with Gasteiger partial charge in [0, 0.05) is 26.7 Å². The Bertz CT molecular complexity index is 298. The Morgan fingerprint density at radius 3 is 2.84 bits per heavy atom. The number of carbonyl (C=O) groups is 2. The molecule has 19 heavy (non-hydrogen) atoms. The molecule has 1 rings (SSSR count). The van der Waals surface area contributed by atoms with E-state index in [1.807, 2.05) is 0 Å². The normalized spacial score (nSPS) is 19.2. The number of amides is 2. The molecule has 1 atom stereocenters. The summed E-state index contributed by atoms with van der Waals surface area (Å²) >= 11 is 0. The topological polar surface area (TPSA) is 88.1 Å². The summed E-state index contributed by atoms with van der Waals surface area (Å²) in [6.07, 6.45) is 1.37. The summed E-state index contributed by atoms with van der Waals surface area (Å²) in [5, 5.41) is 11.7. The molecule has 110 valence electrons. The van der Waals surface area contributed by atoms with Crippen molar-refractivity contribution < 1.29 is 24.2 Å². The Morgan fingerprint density at radius 2 is 2.16 bits per heavy atom. The fourth-order valence-electron chi connectivity index (χ4n) is 1.95. The quantitative estimate of drug-likeness (QED) is 0.645. The van der Waals surface area contributed by atoms with E-state index in [-0.39, 0.29) is 12.6 Å². The van der Waals surface area contributed by atoms with Gasteiger partial charge in [-0.05, 0) is 12.8 Å². The lowest BCUT2D eigenvalue weighted by molar-refractivity contribution is -0.143. The second-order valence-electron chi connectivity index (χ2n) is 4.46. The van der Waals surface area contributed by atoms with Gasteiger partial charge in [-0.15, -0.1) is 0 Å². The number of nitrogens with zero attached hydrogens (tertiary/aromatic N) is 1. The second kappa shape index (κ2) is 8.71. The van der Waals surface area contributed by atoms with Gasteiger partial charge in [0.2, 0.25) is 0 Å². The SMILES string of the molecule is COCCOCCNC(=O)N1CCC[C@@H](C(=O)O)C1. The van der Waals surface area contributed by atoms with Crippen molar-refractivity contribution in [3.63, 3.8) is 0 Å². The van der Waals surface area contributed by atoms with Crippen LogP contribution in [-0.2, 0) is 14.3 Å². The molecule has 1 fully saturated rings. The molecule has 1 saturated heterocycles. The highest BCUT2D eigenvalue weighted by atomic mass is 16.5. The molecule has 0 aromatic carbocycles. The van der Waals surface area contributed by atoms with E-state index < -0.39 is 11.9 Å². The van der Waals surface area contributed by atoms with Crippen molar-refractivity contribution >= 4 is 12.0 Å². The van der Waals surface area contributed by atoms with Crippen molar-refractivity contribution in [3.8, 4) is 0 Å². The van der Waals surface area contributed by atoms with Gasteiger partial charge < -0.3 is 24.8 Å². The lowest BCUT2D eigenvalue weighted by Gasteiger charge is -2.30. The Morgan fingerprint density at radius 1 is 1.37 bits per heavy atom. The molecule has 1 aliphatic heterocycles. The molecule has 1 aliphatic rings. The minimum Gasteiger partial charge on any atom is -0.481 e. The van der Waals surface area contributed by atoms with Crippen LogP contribution in [0, 0.1) is 5.92 Å². The highest BCUT2D eigenvalue weighted by Crippen LogP contribution is 2.16.